The molecule has 0 aromatic heterocycles. The number of aliphatic imine (C=N–C) groups is 2. The van der Waals surface area contributed by atoms with Gasteiger partial charge in [-0.05, 0) is 22.6 Å². The lowest BCUT2D eigenvalue weighted by molar-refractivity contribution is -0.109. The summed E-state index contributed by atoms with van der Waals surface area (Å²) in [7, 11) is 0. The van der Waals surface area contributed by atoms with Crippen molar-refractivity contribution in [1.82, 2.24) is 0 Å². The minimum absolute atomic E-state index is 0.702. The summed E-state index contributed by atoms with van der Waals surface area (Å²) in [6.07, 6.45) is 3.73. The molecule has 0 atom stereocenters. The number of rotatable bonds is 1. The molecule has 3 nitrogen and oxygen atoms in total. The molecular formula is C4H3IN2O. The Bertz CT molecular complexity index is 151. The van der Waals surface area contributed by atoms with Crippen molar-refractivity contribution in [2.24, 2.45) is 9.98 Å². The summed E-state index contributed by atoms with van der Waals surface area (Å²) < 4.78 is -0.836. The Labute approximate surface area is 60.0 Å². The van der Waals surface area contributed by atoms with Crippen LogP contribution in [0.25, 0.3) is 0 Å². The van der Waals surface area contributed by atoms with Crippen LogP contribution >= 0.6 is 22.6 Å². The fourth-order valence-corrected chi connectivity index (χ4v) is 0.692. The van der Waals surface area contributed by atoms with Crippen LogP contribution < -0.4 is 0 Å². The number of nitrogens with zero attached hydrogens (tertiary/aromatic N) is 2. The van der Waals surface area contributed by atoms with Crippen LogP contribution in [-0.4, -0.2) is 22.4 Å². The van der Waals surface area contributed by atoms with Crippen LogP contribution in [0.4, 0.5) is 0 Å². The molecule has 42 valence electrons. The van der Waals surface area contributed by atoms with Crippen LogP contribution in [0.15, 0.2) is 9.98 Å². The SMILES string of the molecule is O=CC1(I)N=CC=N1. The number of hydrogen-bond acceptors (Lipinski definition) is 3. The van der Waals surface area contributed by atoms with Crippen LogP contribution in [0.3, 0.4) is 0 Å². The molecular weight excluding hydrogens is 219 g/mol. The number of halogens is 1. The van der Waals surface area contributed by atoms with Gasteiger partial charge >= 0.3 is 0 Å². The van der Waals surface area contributed by atoms with Gasteiger partial charge in [-0.3, -0.25) is 4.79 Å². The zero-order chi connectivity index (χ0) is 6.04. The van der Waals surface area contributed by atoms with Gasteiger partial charge in [0.1, 0.15) is 0 Å². The number of alkyl halides is 1. The lowest BCUT2D eigenvalue weighted by atomic mass is 10.6. The summed E-state index contributed by atoms with van der Waals surface area (Å²) in [6.45, 7) is 0. The highest BCUT2D eigenvalue weighted by atomic mass is 127. The fraction of sp³-hybridized carbons (Fsp3) is 0.250. The van der Waals surface area contributed by atoms with E-state index in [0.29, 0.717) is 6.29 Å². The lowest BCUT2D eigenvalue weighted by Gasteiger charge is -2.01. The Balaban J connectivity index is 2.83. The third-order valence-electron chi connectivity index (χ3n) is 0.728. The van der Waals surface area contributed by atoms with Gasteiger partial charge in [0.15, 0.2) is 6.29 Å². The summed E-state index contributed by atoms with van der Waals surface area (Å²) >= 11 is 1.87. The van der Waals surface area contributed by atoms with E-state index in [4.69, 9.17) is 0 Å². The van der Waals surface area contributed by atoms with E-state index in [1.807, 2.05) is 22.6 Å². The summed E-state index contributed by atoms with van der Waals surface area (Å²) in [4.78, 5) is 17.6. The molecule has 0 saturated heterocycles. The normalized spacial score (nSPS) is 21.6. The zero-order valence-electron chi connectivity index (χ0n) is 3.91. The molecule has 0 aromatic rings. The van der Waals surface area contributed by atoms with Crippen LogP contribution in [0.1, 0.15) is 0 Å². The molecule has 8 heavy (non-hydrogen) atoms. The van der Waals surface area contributed by atoms with Crippen molar-refractivity contribution in [2.75, 3.05) is 0 Å². The van der Waals surface area contributed by atoms with Crippen LogP contribution in [-0.2, 0) is 4.79 Å². The second kappa shape index (κ2) is 1.93. The van der Waals surface area contributed by atoms with Gasteiger partial charge in [-0.25, -0.2) is 9.98 Å². The van der Waals surface area contributed by atoms with Gasteiger partial charge in [-0.2, -0.15) is 0 Å². The first-order chi connectivity index (χ1) is 3.77. The van der Waals surface area contributed by atoms with Gasteiger partial charge in [0.2, 0.25) is 0 Å². The Morgan fingerprint density at radius 1 is 1.50 bits per heavy atom. The van der Waals surface area contributed by atoms with E-state index in [9.17, 15) is 4.79 Å². The average molecular weight is 222 g/mol. The highest BCUT2D eigenvalue weighted by Crippen LogP contribution is 2.20. The third-order valence-corrected chi connectivity index (χ3v) is 1.54. The number of aldehydes is 1. The highest BCUT2D eigenvalue weighted by molar-refractivity contribution is 14.1. The van der Waals surface area contributed by atoms with Crippen molar-refractivity contribution in [3.05, 3.63) is 0 Å². The number of carbonyl (C=O) groups excluding carboxylic acids is 1. The largest absolute Gasteiger partial charge is 0.298 e. The summed E-state index contributed by atoms with van der Waals surface area (Å²) in [6, 6.07) is 0. The predicted molar refractivity (Wildman–Crippen MR) is 39.8 cm³/mol. The smallest absolute Gasteiger partial charge is 0.257 e. The minimum Gasteiger partial charge on any atom is -0.298 e. The van der Waals surface area contributed by atoms with E-state index >= 15 is 0 Å². The predicted octanol–water partition coefficient (Wildman–Crippen LogP) is 0.429. The quantitative estimate of drug-likeness (QED) is 0.274. The molecule has 1 aliphatic rings. The molecule has 0 radical (unpaired) electrons. The summed E-state index contributed by atoms with van der Waals surface area (Å²) in [5.41, 5.74) is 0. The molecule has 0 fully saturated rings. The van der Waals surface area contributed by atoms with Crippen molar-refractivity contribution in [3.8, 4) is 0 Å². The van der Waals surface area contributed by atoms with Crippen molar-refractivity contribution in [2.45, 2.75) is 3.67 Å². The molecule has 4 heteroatoms. The van der Waals surface area contributed by atoms with Crippen molar-refractivity contribution in [3.63, 3.8) is 0 Å². The standard InChI is InChI=1S/C4H3IN2O/c5-4(3-8)6-1-2-7-4/h1-3H. The minimum atomic E-state index is -0.836. The molecule has 1 aliphatic heterocycles. The van der Waals surface area contributed by atoms with E-state index < -0.39 is 3.67 Å². The summed E-state index contributed by atoms with van der Waals surface area (Å²) in [5.74, 6) is 0. The first-order valence-corrected chi connectivity index (χ1v) is 3.09. The van der Waals surface area contributed by atoms with E-state index in [0.717, 1.165) is 0 Å². The van der Waals surface area contributed by atoms with Gasteiger partial charge in [-0.15, -0.1) is 0 Å². The third kappa shape index (κ3) is 0.936. The van der Waals surface area contributed by atoms with Gasteiger partial charge in [0.25, 0.3) is 3.67 Å². The van der Waals surface area contributed by atoms with E-state index in [-0.39, 0.29) is 0 Å². The first-order valence-electron chi connectivity index (χ1n) is 2.01. The highest BCUT2D eigenvalue weighted by Gasteiger charge is 2.23. The maximum absolute atomic E-state index is 10.1. The summed E-state index contributed by atoms with van der Waals surface area (Å²) in [5, 5.41) is 0. The maximum Gasteiger partial charge on any atom is 0.257 e. The van der Waals surface area contributed by atoms with Gasteiger partial charge in [-0.1, -0.05) is 0 Å². The van der Waals surface area contributed by atoms with Crippen LogP contribution in [0, 0.1) is 0 Å². The second-order valence-electron chi connectivity index (χ2n) is 1.31. The molecule has 0 aliphatic carbocycles. The molecule has 0 saturated carbocycles. The van der Waals surface area contributed by atoms with Gasteiger partial charge in [0.05, 0.1) is 0 Å². The Hall–Kier alpha value is -0.260. The Kier molecular flexibility index (Phi) is 1.41. The van der Waals surface area contributed by atoms with Crippen LogP contribution in [0.5, 0.6) is 0 Å². The van der Waals surface area contributed by atoms with Crippen LogP contribution in [0.2, 0.25) is 0 Å². The monoisotopic (exact) mass is 222 g/mol. The van der Waals surface area contributed by atoms with E-state index in [1.54, 1.807) is 0 Å². The Morgan fingerprint density at radius 2 is 2.00 bits per heavy atom. The molecule has 0 amide bonds. The van der Waals surface area contributed by atoms with E-state index in [1.165, 1.54) is 12.4 Å². The average Bonchev–Trinajstić information content (AvgIpc) is 2.17. The van der Waals surface area contributed by atoms with Crippen molar-refractivity contribution in [1.29, 1.82) is 0 Å². The second-order valence-corrected chi connectivity index (χ2v) is 2.90. The van der Waals surface area contributed by atoms with Crippen molar-refractivity contribution < 1.29 is 4.79 Å². The zero-order valence-corrected chi connectivity index (χ0v) is 6.07. The number of carbonyl (C=O) groups is 1. The van der Waals surface area contributed by atoms with Crippen molar-refractivity contribution >= 4 is 41.3 Å². The molecule has 0 bridgehead atoms. The van der Waals surface area contributed by atoms with Gasteiger partial charge < -0.3 is 0 Å². The molecule has 1 rings (SSSR count). The van der Waals surface area contributed by atoms with E-state index in [2.05, 4.69) is 9.98 Å². The lowest BCUT2D eigenvalue weighted by Crippen LogP contribution is -2.11. The molecule has 0 unspecified atom stereocenters. The molecule has 0 aromatic carbocycles. The molecule has 1 heterocycles. The van der Waals surface area contributed by atoms with Gasteiger partial charge in [0, 0.05) is 12.4 Å². The molecule has 0 spiro atoms. The maximum atomic E-state index is 10.1. The first kappa shape index (κ1) is 5.87. The Morgan fingerprint density at radius 3 is 2.25 bits per heavy atom. The fourth-order valence-electron chi connectivity index (χ4n) is 0.370. The number of hydrogen-bond donors (Lipinski definition) is 0. The molecule has 0 N–H and O–H groups in total. The topological polar surface area (TPSA) is 41.8 Å².